The third kappa shape index (κ3) is 2.15. The van der Waals surface area contributed by atoms with Gasteiger partial charge < -0.3 is 0 Å². The van der Waals surface area contributed by atoms with Crippen molar-refractivity contribution in [3.63, 3.8) is 0 Å². The van der Waals surface area contributed by atoms with E-state index in [4.69, 9.17) is 0 Å². The maximum Gasteiger partial charge on any atom is 0.270 e. The van der Waals surface area contributed by atoms with E-state index in [1.54, 1.807) is 12.1 Å². The number of rotatable bonds is 3. The molecule has 1 aromatic rings. The van der Waals surface area contributed by atoms with Crippen molar-refractivity contribution in [2.45, 2.75) is 13.3 Å². The number of nitrogens with zero attached hydrogens (tertiary/aromatic N) is 1. The van der Waals surface area contributed by atoms with E-state index in [2.05, 4.69) is 6.58 Å². The van der Waals surface area contributed by atoms with Crippen molar-refractivity contribution in [1.29, 1.82) is 0 Å². The van der Waals surface area contributed by atoms with Crippen LogP contribution in [0.1, 0.15) is 18.1 Å². The van der Waals surface area contributed by atoms with Crippen molar-refractivity contribution >= 4 is 11.8 Å². The molecular formula is C10H11NO2. The first-order valence-corrected chi connectivity index (χ1v) is 4.08. The molecule has 3 heteroatoms. The average molecular weight is 177 g/mol. The highest BCUT2D eigenvalue weighted by Gasteiger charge is 2.06. The molecule has 0 bridgehead atoms. The number of non-ortho nitro benzene ring substituents is 1. The molecule has 0 atom stereocenters. The van der Waals surface area contributed by atoms with E-state index in [1.807, 2.05) is 13.0 Å². The lowest BCUT2D eigenvalue weighted by molar-refractivity contribution is -0.384. The molecule has 0 fully saturated rings. The van der Waals surface area contributed by atoms with Crippen molar-refractivity contribution in [3.05, 3.63) is 46.0 Å². The van der Waals surface area contributed by atoms with Crippen LogP contribution in [0.5, 0.6) is 0 Å². The molecule has 3 nitrogen and oxygen atoms in total. The number of hydrogen-bond donors (Lipinski definition) is 0. The van der Waals surface area contributed by atoms with Gasteiger partial charge in [-0.2, -0.15) is 0 Å². The molecule has 0 radical (unpaired) electrons. The van der Waals surface area contributed by atoms with Gasteiger partial charge in [0.25, 0.3) is 5.69 Å². The smallest absolute Gasteiger partial charge is 0.258 e. The zero-order valence-corrected chi connectivity index (χ0v) is 7.49. The van der Waals surface area contributed by atoms with Crippen LogP contribution < -0.4 is 0 Å². The van der Waals surface area contributed by atoms with Crippen LogP contribution in [0, 0.1) is 10.1 Å². The fourth-order valence-electron chi connectivity index (χ4n) is 1.13. The number of benzene rings is 1. The van der Waals surface area contributed by atoms with Gasteiger partial charge in [0.15, 0.2) is 0 Å². The van der Waals surface area contributed by atoms with E-state index in [0.717, 1.165) is 17.5 Å². The van der Waals surface area contributed by atoms with Crippen LogP contribution in [-0.2, 0) is 6.42 Å². The van der Waals surface area contributed by atoms with Crippen LogP contribution in [0.15, 0.2) is 24.8 Å². The van der Waals surface area contributed by atoms with Gasteiger partial charge in [-0.05, 0) is 17.5 Å². The van der Waals surface area contributed by atoms with Gasteiger partial charge in [-0.15, -0.1) is 0 Å². The Bertz CT molecular complexity index is 345. The summed E-state index contributed by atoms with van der Waals surface area (Å²) >= 11 is 0. The van der Waals surface area contributed by atoms with Gasteiger partial charge in [-0.3, -0.25) is 10.1 Å². The maximum atomic E-state index is 10.5. The Labute approximate surface area is 76.9 Å². The number of aryl methyl sites for hydroxylation is 1. The van der Waals surface area contributed by atoms with E-state index in [9.17, 15) is 10.1 Å². The molecule has 0 saturated heterocycles. The van der Waals surface area contributed by atoms with Crippen LogP contribution in [-0.4, -0.2) is 4.92 Å². The topological polar surface area (TPSA) is 43.1 Å². The molecule has 0 aliphatic rings. The Morgan fingerprint density at radius 3 is 2.69 bits per heavy atom. The Balaban J connectivity index is 3.22. The molecule has 0 spiro atoms. The summed E-state index contributed by atoms with van der Waals surface area (Å²) in [4.78, 5) is 10.1. The minimum absolute atomic E-state index is 0.134. The molecule has 68 valence electrons. The van der Waals surface area contributed by atoms with Gasteiger partial charge in [-0.1, -0.05) is 25.6 Å². The highest BCUT2D eigenvalue weighted by molar-refractivity contribution is 5.53. The molecule has 0 unspecified atom stereocenters. The van der Waals surface area contributed by atoms with Crippen molar-refractivity contribution in [2.24, 2.45) is 0 Å². The second-order valence-electron chi connectivity index (χ2n) is 2.75. The van der Waals surface area contributed by atoms with E-state index in [1.165, 1.54) is 6.07 Å². The quantitative estimate of drug-likeness (QED) is 0.526. The Hall–Kier alpha value is -1.64. The summed E-state index contributed by atoms with van der Waals surface area (Å²) < 4.78 is 0. The molecule has 13 heavy (non-hydrogen) atoms. The lowest BCUT2D eigenvalue weighted by Gasteiger charge is -1.99. The molecule has 0 aromatic heterocycles. The predicted molar refractivity (Wildman–Crippen MR) is 52.6 cm³/mol. The van der Waals surface area contributed by atoms with Crippen LogP contribution in [0.25, 0.3) is 6.08 Å². The third-order valence-electron chi connectivity index (χ3n) is 1.85. The average Bonchev–Trinajstić information content (AvgIpc) is 2.16. The first-order chi connectivity index (χ1) is 6.17. The van der Waals surface area contributed by atoms with E-state index in [0.29, 0.717) is 0 Å². The summed E-state index contributed by atoms with van der Waals surface area (Å²) in [6.07, 6.45) is 2.41. The van der Waals surface area contributed by atoms with Crippen LogP contribution in [0.4, 0.5) is 5.69 Å². The number of hydrogen-bond acceptors (Lipinski definition) is 2. The molecule has 0 N–H and O–H groups in total. The van der Waals surface area contributed by atoms with Gasteiger partial charge in [0.1, 0.15) is 0 Å². The van der Waals surface area contributed by atoms with Crippen LogP contribution in [0.2, 0.25) is 0 Å². The lowest BCUT2D eigenvalue weighted by atomic mass is 10.1. The van der Waals surface area contributed by atoms with Gasteiger partial charge in [0.05, 0.1) is 4.92 Å². The van der Waals surface area contributed by atoms with E-state index >= 15 is 0 Å². The van der Waals surface area contributed by atoms with E-state index in [-0.39, 0.29) is 10.6 Å². The SMILES string of the molecule is C=Cc1cc(CC)cc([N+](=O)[O-])c1. The number of nitro benzene ring substituents is 1. The molecule has 0 aliphatic heterocycles. The zero-order valence-electron chi connectivity index (χ0n) is 7.49. The highest BCUT2D eigenvalue weighted by Crippen LogP contribution is 2.18. The molecular weight excluding hydrogens is 166 g/mol. The van der Waals surface area contributed by atoms with Gasteiger partial charge >= 0.3 is 0 Å². The summed E-state index contributed by atoms with van der Waals surface area (Å²) in [5.41, 5.74) is 1.89. The standard InChI is InChI=1S/C10H11NO2/c1-3-8-5-9(4-2)7-10(6-8)11(12)13/h3,5-7H,1,4H2,2H3. The summed E-state index contributed by atoms with van der Waals surface area (Å²) in [6.45, 7) is 5.55. The van der Waals surface area contributed by atoms with Gasteiger partial charge in [0, 0.05) is 12.1 Å². The van der Waals surface area contributed by atoms with Crippen LogP contribution in [0.3, 0.4) is 0 Å². The Morgan fingerprint density at radius 1 is 1.54 bits per heavy atom. The van der Waals surface area contributed by atoms with Crippen molar-refractivity contribution < 1.29 is 4.92 Å². The van der Waals surface area contributed by atoms with Crippen molar-refractivity contribution in [2.75, 3.05) is 0 Å². The predicted octanol–water partition coefficient (Wildman–Crippen LogP) is 2.80. The summed E-state index contributed by atoms with van der Waals surface area (Å²) in [5.74, 6) is 0. The molecule has 0 aliphatic carbocycles. The second-order valence-corrected chi connectivity index (χ2v) is 2.75. The Kier molecular flexibility index (Phi) is 2.80. The summed E-state index contributed by atoms with van der Waals surface area (Å²) in [7, 11) is 0. The monoisotopic (exact) mass is 177 g/mol. The minimum Gasteiger partial charge on any atom is -0.258 e. The third-order valence-corrected chi connectivity index (χ3v) is 1.85. The fourth-order valence-corrected chi connectivity index (χ4v) is 1.13. The summed E-state index contributed by atoms with van der Waals surface area (Å²) in [5, 5.41) is 10.5. The molecule has 0 saturated carbocycles. The van der Waals surface area contributed by atoms with Crippen molar-refractivity contribution in [1.82, 2.24) is 0 Å². The van der Waals surface area contributed by atoms with Gasteiger partial charge in [0.2, 0.25) is 0 Å². The number of nitro groups is 1. The second kappa shape index (κ2) is 3.85. The van der Waals surface area contributed by atoms with E-state index < -0.39 is 0 Å². The first kappa shape index (κ1) is 9.45. The fraction of sp³-hybridized carbons (Fsp3) is 0.200. The molecule has 0 amide bonds. The highest BCUT2D eigenvalue weighted by atomic mass is 16.6. The molecule has 0 heterocycles. The largest absolute Gasteiger partial charge is 0.270 e. The van der Waals surface area contributed by atoms with Crippen LogP contribution >= 0.6 is 0 Å². The lowest BCUT2D eigenvalue weighted by Crippen LogP contribution is -1.91. The normalized spacial score (nSPS) is 9.62. The van der Waals surface area contributed by atoms with Gasteiger partial charge in [-0.25, -0.2) is 0 Å². The van der Waals surface area contributed by atoms with Crippen molar-refractivity contribution in [3.8, 4) is 0 Å². The summed E-state index contributed by atoms with van der Waals surface area (Å²) in [6, 6.07) is 5.01. The first-order valence-electron chi connectivity index (χ1n) is 4.08. The maximum absolute atomic E-state index is 10.5. The zero-order chi connectivity index (χ0) is 9.84. The molecule has 1 rings (SSSR count). The minimum atomic E-state index is -0.383. The Morgan fingerprint density at radius 2 is 2.23 bits per heavy atom. The molecule has 1 aromatic carbocycles.